The van der Waals surface area contributed by atoms with Gasteiger partial charge in [0.25, 0.3) is 10.0 Å². The molecule has 0 spiro atoms. The molecule has 0 aliphatic heterocycles. The van der Waals surface area contributed by atoms with E-state index in [4.69, 9.17) is 6.42 Å². The van der Waals surface area contributed by atoms with Crippen molar-refractivity contribution in [2.24, 2.45) is 4.40 Å². The van der Waals surface area contributed by atoms with E-state index < -0.39 is 15.8 Å². The number of halogens is 1. The van der Waals surface area contributed by atoms with Crippen molar-refractivity contribution in [2.75, 3.05) is 0 Å². The molecular formula is C18H15FN2O2S2. The molecule has 0 unspecified atom stereocenters. The van der Waals surface area contributed by atoms with E-state index in [0.29, 0.717) is 4.80 Å². The molecule has 0 aliphatic carbocycles. The number of terminal acetylenes is 1. The van der Waals surface area contributed by atoms with E-state index in [0.717, 1.165) is 33.5 Å². The second-order valence-electron chi connectivity index (χ2n) is 5.60. The van der Waals surface area contributed by atoms with Crippen LogP contribution in [0.25, 0.3) is 10.2 Å². The van der Waals surface area contributed by atoms with Gasteiger partial charge in [0.05, 0.1) is 21.7 Å². The highest BCUT2D eigenvalue weighted by molar-refractivity contribution is 7.90. The van der Waals surface area contributed by atoms with Gasteiger partial charge >= 0.3 is 0 Å². The maximum Gasteiger partial charge on any atom is 0.285 e. The van der Waals surface area contributed by atoms with Crippen LogP contribution in [0, 0.1) is 32.0 Å². The van der Waals surface area contributed by atoms with Gasteiger partial charge in [0.1, 0.15) is 5.82 Å². The molecule has 0 radical (unpaired) electrons. The Morgan fingerprint density at radius 3 is 2.48 bits per heavy atom. The molecule has 0 bridgehead atoms. The first kappa shape index (κ1) is 17.4. The Morgan fingerprint density at radius 1 is 1.20 bits per heavy atom. The van der Waals surface area contributed by atoms with Crippen molar-refractivity contribution in [1.82, 2.24) is 4.57 Å². The van der Waals surface area contributed by atoms with Gasteiger partial charge in [-0.05, 0) is 61.4 Å². The third-order valence-corrected chi connectivity index (χ3v) is 6.30. The van der Waals surface area contributed by atoms with Crippen molar-refractivity contribution >= 4 is 31.6 Å². The van der Waals surface area contributed by atoms with Crippen LogP contribution in [0.2, 0.25) is 0 Å². The first-order valence-corrected chi connectivity index (χ1v) is 9.68. The van der Waals surface area contributed by atoms with Crippen LogP contribution in [-0.2, 0) is 16.6 Å². The summed E-state index contributed by atoms with van der Waals surface area (Å²) in [6.07, 6.45) is 5.44. The number of aromatic nitrogens is 1. The summed E-state index contributed by atoms with van der Waals surface area (Å²) in [4.78, 5) is 0.230. The van der Waals surface area contributed by atoms with Crippen molar-refractivity contribution < 1.29 is 12.8 Å². The van der Waals surface area contributed by atoms with Crippen LogP contribution in [-0.4, -0.2) is 13.0 Å². The molecule has 0 saturated carbocycles. The average molecular weight is 374 g/mol. The molecule has 0 saturated heterocycles. The average Bonchev–Trinajstić information content (AvgIpc) is 2.85. The highest BCUT2D eigenvalue weighted by atomic mass is 32.2. The van der Waals surface area contributed by atoms with E-state index >= 15 is 0 Å². The van der Waals surface area contributed by atoms with Gasteiger partial charge in [0.15, 0.2) is 0 Å². The molecule has 0 amide bonds. The number of aryl methyl sites for hydroxylation is 2. The molecule has 1 aromatic heterocycles. The quantitative estimate of drug-likeness (QED) is 0.660. The summed E-state index contributed by atoms with van der Waals surface area (Å²) >= 11 is 1.26. The number of fused-ring (bicyclic) bond motifs is 1. The fourth-order valence-corrected chi connectivity index (χ4v) is 4.71. The van der Waals surface area contributed by atoms with Crippen molar-refractivity contribution in [2.45, 2.75) is 25.3 Å². The lowest BCUT2D eigenvalue weighted by atomic mass is 10.1. The fraction of sp³-hybridized carbons (Fsp3) is 0.167. The van der Waals surface area contributed by atoms with Gasteiger partial charge in [-0.3, -0.25) is 0 Å². The number of sulfonamides is 1. The molecule has 128 valence electrons. The first-order chi connectivity index (χ1) is 11.8. The van der Waals surface area contributed by atoms with Crippen molar-refractivity contribution in [3.05, 3.63) is 58.1 Å². The molecule has 7 heteroatoms. The summed E-state index contributed by atoms with van der Waals surface area (Å²) < 4.78 is 44.6. The Kier molecular flexibility index (Phi) is 4.50. The minimum Gasteiger partial charge on any atom is -0.304 e. The molecular weight excluding hydrogens is 359 g/mol. The molecule has 0 N–H and O–H groups in total. The molecule has 3 aromatic rings. The summed E-state index contributed by atoms with van der Waals surface area (Å²) in [5, 5.41) is 0. The first-order valence-electron chi connectivity index (χ1n) is 7.42. The van der Waals surface area contributed by atoms with E-state index in [-0.39, 0.29) is 11.4 Å². The number of nitrogens with zero attached hydrogens (tertiary/aromatic N) is 2. The summed E-state index contributed by atoms with van der Waals surface area (Å²) in [5.41, 5.74) is 3.04. The highest BCUT2D eigenvalue weighted by Gasteiger charge is 2.15. The Hall–Kier alpha value is -2.43. The standard InChI is InChI=1S/C18H15FN2O2S2/c1-4-9-21-16-10-12(2)13(3)11-17(16)24-18(21)20-25(22,23)15-7-5-14(19)6-8-15/h1,5-8,10-11H,9H2,2-3H3/b20-18-. The van der Waals surface area contributed by atoms with Gasteiger partial charge < -0.3 is 4.57 Å². The number of hydrogen-bond donors (Lipinski definition) is 0. The van der Waals surface area contributed by atoms with Gasteiger partial charge in [-0.1, -0.05) is 17.3 Å². The second-order valence-corrected chi connectivity index (χ2v) is 8.21. The van der Waals surface area contributed by atoms with E-state index in [1.54, 1.807) is 4.57 Å². The van der Waals surface area contributed by atoms with E-state index in [1.165, 1.54) is 23.5 Å². The Bertz CT molecular complexity index is 1160. The van der Waals surface area contributed by atoms with Gasteiger partial charge in [-0.2, -0.15) is 8.42 Å². The Labute approximate surface area is 149 Å². The molecule has 0 fully saturated rings. The second kappa shape index (κ2) is 6.47. The molecule has 0 aliphatic rings. The zero-order valence-electron chi connectivity index (χ0n) is 13.7. The van der Waals surface area contributed by atoms with Crippen LogP contribution in [0.5, 0.6) is 0 Å². The topological polar surface area (TPSA) is 51.4 Å². The van der Waals surface area contributed by atoms with Gasteiger partial charge in [0, 0.05) is 0 Å². The minimum atomic E-state index is -3.96. The number of benzene rings is 2. The molecule has 0 atom stereocenters. The monoisotopic (exact) mass is 374 g/mol. The third kappa shape index (κ3) is 3.36. The predicted octanol–water partition coefficient (Wildman–Crippen LogP) is 3.38. The molecule has 2 aromatic carbocycles. The zero-order valence-corrected chi connectivity index (χ0v) is 15.3. The Morgan fingerprint density at radius 2 is 1.84 bits per heavy atom. The van der Waals surface area contributed by atoms with E-state index in [1.807, 2.05) is 26.0 Å². The molecule has 4 nitrogen and oxygen atoms in total. The van der Waals surface area contributed by atoms with E-state index in [9.17, 15) is 12.8 Å². The van der Waals surface area contributed by atoms with Gasteiger partial charge in [-0.15, -0.1) is 10.8 Å². The van der Waals surface area contributed by atoms with Crippen LogP contribution in [0.3, 0.4) is 0 Å². The molecule has 1 heterocycles. The lowest BCUT2D eigenvalue weighted by molar-refractivity contribution is 0.594. The predicted molar refractivity (Wildman–Crippen MR) is 97.3 cm³/mol. The largest absolute Gasteiger partial charge is 0.304 e. The summed E-state index contributed by atoms with van der Waals surface area (Å²) in [6, 6.07) is 8.54. The maximum absolute atomic E-state index is 13.0. The summed E-state index contributed by atoms with van der Waals surface area (Å²) in [5.74, 6) is 2.03. The fourth-order valence-electron chi connectivity index (χ4n) is 2.40. The van der Waals surface area contributed by atoms with Crippen molar-refractivity contribution in [1.29, 1.82) is 0 Å². The SMILES string of the molecule is C#CCn1/c(=N/S(=O)(=O)c2ccc(F)cc2)sc2cc(C)c(C)cc21. The summed E-state index contributed by atoms with van der Waals surface area (Å²) in [7, 11) is -3.96. The molecule has 3 rings (SSSR count). The Balaban J connectivity index is 2.27. The van der Waals surface area contributed by atoms with Crippen molar-refractivity contribution in [3.63, 3.8) is 0 Å². The normalized spacial score (nSPS) is 12.5. The number of rotatable bonds is 3. The van der Waals surface area contributed by atoms with Crippen LogP contribution in [0.15, 0.2) is 45.7 Å². The van der Waals surface area contributed by atoms with E-state index in [2.05, 4.69) is 10.3 Å². The highest BCUT2D eigenvalue weighted by Crippen LogP contribution is 2.22. The number of hydrogen-bond acceptors (Lipinski definition) is 3. The van der Waals surface area contributed by atoms with Crippen molar-refractivity contribution in [3.8, 4) is 12.3 Å². The van der Waals surface area contributed by atoms with Gasteiger partial charge in [0.2, 0.25) is 4.80 Å². The van der Waals surface area contributed by atoms with Crippen LogP contribution in [0.4, 0.5) is 4.39 Å². The van der Waals surface area contributed by atoms with Crippen LogP contribution < -0.4 is 4.80 Å². The minimum absolute atomic E-state index is 0.0639. The molecule has 25 heavy (non-hydrogen) atoms. The summed E-state index contributed by atoms with van der Waals surface area (Å²) in [6.45, 7) is 4.19. The zero-order chi connectivity index (χ0) is 18.2. The lowest BCUT2D eigenvalue weighted by Gasteiger charge is -2.03. The third-order valence-electron chi connectivity index (χ3n) is 3.86. The van der Waals surface area contributed by atoms with Gasteiger partial charge in [-0.25, -0.2) is 4.39 Å². The lowest BCUT2D eigenvalue weighted by Crippen LogP contribution is -2.16. The van der Waals surface area contributed by atoms with Crippen LogP contribution in [0.1, 0.15) is 11.1 Å². The smallest absolute Gasteiger partial charge is 0.285 e. The maximum atomic E-state index is 13.0. The van der Waals surface area contributed by atoms with Crippen LogP contribution >= 0.6 is 11.3 Å². The number of thiazole rings is 1.